The van der Waals surface area contributed by atoms with Crippen LogP contribution in [0.1, 0.15) is 64.7 Å². The van der Waals surface area contributed by atoms with E-state index in [9.17, 15) is 5.11 Å². The second-order valence-electron chi connectivity index (χ2n) is 7.51. The Bertz CT molecular complexity index is 301. The molecule has 0 amide bonds. The monoisotopic (exact) mass is 280 g/mol. The summed E-state index contributed by atoms with van der Waals surface area (Å²) in [7, 11) is 0. The van der Waals surface area contributed by atoms with Gasteiger partial charge in [0.1, 0.15) is 0 Å². The van der Waals surface area contributed by atoms with Gasteiger partial charge in [0.25, 0.3) is 0 Å². The van der Waals surface area contributed by atoms with Gasteiger partial charge < -0.3 is 10.4 Å². The summed E-state index contributed by atoms with van der Waals surface area (Å²) in [5.41, 5.74) is 0. The summed E-state index contributed by atoms with van der Waals surface area (Å²) in [5, 5.41) is 14.1. The van der Waals surface area contributed by atoms with Crippen LogP contribution in [0.3, 0.4) is 0 Å². The van der Waals surface area contributed by atoms with Crippen molar-refractivity contribution < 1.29 is 5.11 Å². The second kappa shape index (κ2) is 6.76. The SMILES string of the molecule is CC1CCC(NC2CCN(C3CCCCC3O)CC2)C1. The molecule has 116 valence electrons. The fourth-order valence-electron chi connectivity index (χ4n) is 4.61. The van der Waals surface area contributed by atoms with Crippen LogP contribution in [-0.4, -0.2) is 47.3 Å². The van der Waals surface area contributed by atoms with Crippen molar-refractivity contribution >= 4 is 0 Å². The fourth-order valence-corrected chi connectivity index (χ4v) is 4.61. The van der Waals surface area contributed by atoms with Crippen LogP contribution in [0.25, 0.3) is 0 Å². The number of nitrogens with one attached hydrogen (secondary N) is 1. The molecule has 3 fully saturated rings. The van der Waals surface area contributed by atoms with Gasteiger partial charge in [0.05, 0.1) is 6.10 Å². The molecule has 0 spiro atoms. The maximum atomic E-state index is 10.2. The smallest absolute Gasteiger partial charge is 0.0695 e. The Balaban J connectivity index is 1.42. The van der Waals surface area contributed by atoms with Crippen LogP contribution in [0.4, 0.5) is 0 Å². The Morgan fingerprint density at radius 2 is 1.65 bits per heavy atom. The Hall–Kier alpha value is -0.120. The largest absolute Gasteiger partial charge is 0.391 e. The summed E-state index contributed by atoms with van der Waals surface area (Å²) < 4.78 is 0. The molecule has 1 aliphatic heterocycles. The first kappa shape index (κ1) is 14.8. The van der Waals surface area contributed by atoms with E-state index in [1.165, 1.54) is 64.5 Å². The number of aliphatic hydroxyl groups is 1. The van der Waals surface area contributed by atoms with Crippen LogP contribution in [0, 0.1) is 5.92 Å². The average molecular weight is 280 g/mol. The molecule has 20 heavy (non-hydrogen) atoms. The van der Waals surface area contributed by atoms with Gasteiger partial charge in [-0.05, 0) is 50.9 Å². The third-order valence-corrected chi connectivity index (χ3v) is 5.86. The minimum atomic E-state index is -0.0658. The van der Waals surface area contributed by atoms with E-state index < -0.39 is 0 Å². The van der Waals surface area contributed by atoms with Gasteiger partial charge in [0.15, 0.2) is 0 Å². The van der Waals surface area contributed by atoms with Crippen LogP contribution in [0.5, 0.6) is 0 Å². The molecule has 2 N–H and O–H groups in total. The zero-order valence-corrected chi connectivity index (χ0v) is 13.1. The summed E-state index contributed by atoms with van der Waals surface area (Å²) in [6, 6.07) is 1.96. The fraction of sp³-hybridized carbons (Fsp3) is 1.00. The topological polar surface area (TPSA) is 35.5 Å². The van der Waals surface area contributed by atoms with Gasteiger partial charge in [-0.3, -0.25) is 4.90 Å². The molecule has 2 aliphatic carbocycles. The Morgan fingerprint density at radius 1 is 0.900 bits per heavy atom. The lowest BCUT2D eigenvalue weighted by Gasteiger charge is -2.42. The third kappa shape index (κ3) is 3.55. The van der Waals surface area contributed by atoms with Crippen LogP contribution in [-0.2, 0) is 0 Å². The van der Waals surface area contributed by atoms with E-state index in [-0.39, 0.29) is 6.10 Å². The van der Waals surface area contributed by atoms with Gasteiger partial charge >= 0.3 is 0 Å². The van der Waals surface area contributed by atoms with E-state index in [1.807, 2.05) is 0 Å². The molecule has 0 aromatic rings. The lowest BCUT2D eigenvalue weighted by Crippen LogP contribution is -2.52. The molecule has 3 aliphatic rings. The normalized spacial score (nSPS) is 41.1. The average Bonchev–Trinajstić information content (AvgIpc) is 2.86. The highest BCUT2D eigenvalue weighted by molar-refractivity contribution is 4.89. The molecule has 4 unspecified atom stereocenters. The molecule has 0 aromatic heterocycles. The molecule has 1 heterocycles. The molecular formula is C17H32N2O. The van der Waals surface area contributed by atoms with Crippen molar-refractivity contribution in [3.05, 3.63) is 0 Å². The van der Waals surface area contributed by atoms with Crippen LogP contribution in [0.2, 0.25) is 0 Å². The van der Waals surface area contributed by atoms with Gasteiger partial charge in [0, 0.05) is 31.2 Å². The predicted octanol–water partition coefficient (Wildman–Crippen LogP) is 2.53. The molecule has 3 nitrogen and oxygen atoms in total. The highest BCUT2D eigenvalue weighted by Crippen LogP contribution is 2.28. The standard InChI is InChI=1S/C17H32N2O/c1-13-6-7-15(12-13)18-14-8-10-19(11-9-14)16-4-2-3-5-17(16)20/h13-18,20H,2-12H2,1H3. The number of piperidine rings is 1. The van der Waals surface area contributed by atoms with Crippen molar-refractivity contribution in [3.8, 4) is 0 Å². The van der Waals surface area contributed by atoms with Crippen molar-refractivity contribution in [1.82, 2.24) is 10.2 Å². The zero-order chi connectivity index (χ0) is 13.9. The Labute approximate surface area is 124 Å². The van der Waals surface area contributed by atoms with E-state index in [0.717, 1.165) is 24.4 Å². The Kier molecular flexibility index (Phi) is 5.00. The number of hydrogen-bond donors (Lipinski definition) is 2. The predicted molar refractivity (Wildman–Crippen MR) is 82.8 cm³/mol. The summed E-state index contributed by atoms with van der Waals surface area (Å²) >= 11 is 0. The van der Waals surface area contributed by atoms with E-state index >= 15 is 0 Å². The minimum absolute atomic E-state index is 0.0658. The van der Waals surface area contributed by atoms with E-state index in [4.69, 9.17) is 0 Å². The quantitative estimate of drug-likeness (QED) is 0.834. The van der Waals surface area contributed by atoms with Crippen LogP contribution >= 0.6 is 0 Å². The van der Waals surface area contributed by atoms with Gasteiger partial charge in [-0.2, -0.15) is 0 Å². The summed E-state index contributed by atoms with van der Waals surface area (Å²) in [5.74, 6) is 0.921. The number of rotatable bonds is 3. The first-order valence-electron chi connectivity index (χ1n) is 8.90. The number of likely N-dealkylation sites (tertiary alicyclic amines) is 1. The first-order chi connectivity index (χ1) is 9.72. The lowest BCUT2D eigenvalue weighted by atomic mass is 9.89. The van der Waals surface area contributed by atoms with Crippen molar-refractivity contribution in [3.63, 3.8) is 0 Å². The number of aliphatic hydroxyl groups excluding tert-OH is 1. The lowest BCUT2D eigenvalue weighted by molar-refractivity contribution is 0.00663. The van der Waals surface area contributed by atoms with Gasteiger partial charge in [-0.15, -0.1) is 0 Å². The van der Waals surface area contributed by atoms with E-state index in [1.54, 1.807) is 0 Å². The molecule has 4 atom stereocenters. The highest BCUT2D eigenvalue weighted by atomic mass is 16.3. The third-order valence-electron chi connectivity index (χ3n) is 5.86. The number of hydrogen-bond acceptors (Lipinski definition) is 3. The van der Waals surface area contributed by atoms with Gasteiger partial charge in [-0.25, -0.2) is 0 Å². The molecule has 2 saturated carbocycles. The maximum Gasteiger partial charge on any atom is 0.0695 e. The molecule has 3 rings (SSSR count). The molecule has 1 saturated heterocycles. The summed E-state index contributed by atoms with van der Waals surface area (Å²) in [6.07, 6.45) is 11.4. The highest BCUT2D eigenvalue weighted by Gasteiger charge is 2.32. The molecule has 3 heteroatoms. The van der Waals surface area contributed by atoms with Gasteiger partial charge in [0.2, 0.25) is 0 Å². The van der Waals surface area contributed by atoms with E-state index in [2.05, 4.69) is 17.1 Å². The summed E-state index contributed by atoms with van der Waals surface area (Å²) in [6.45, 7) is 4.75. The minimum Gasteiger partial charge on any atom is -0.391 e. The van der Waals surface area contributed by atoms with E-state index in [0.29, 0.717) is 6.04 Å². The molecule has 0 bridgehead atoms. The molecular weight excluding hydrogens is 248 g/mol. The van der Waals surface area contributed by atoms with Gasteiger partial charge in [-0.1, -0.05) is 19.8 Å². The van der Waals surface area contributed by atoms with Crippen molar-refractivity contribution in [2.45, 2.75) is 88.9 Å². The molecule has 0 aromatic carbocycles. The summed E-state index contributed by atoms with van der Waals surface area (Å²) in [4.78, 5) is 2.57. The van der Waals surface area contributed by atoms with Crippen LogP contribution in [0.15, 0.2) is 0 Å². The number of nitrogens with zero attached hydrogens (tertiary/aromatic N) is 1. The second-order valence-corrected chi connectivity index (χ2v) is 7.51. The first-order valence-corrected chi connectivity index (χ1v) is 8.90. The zero-order valence-electron chi connectivity index (χ0n) is 13.1. The van der Waals surface area contributed by atoms with Crippen molar-refractivity contribution in [2.75, 3.05) is 13.1 Å². The molecule has 0 radical (unpaired) electrons. The maximum absolute atomic E-state index is 10.2. The van der Waals surface area contributed by atoms with Crippen molar-refractivity contribution in [1.29, 1.82) is 0 Å². The van der Waals surface area contributed by atoms with Crippen LogP contribution < -0.4 is 5.32 Å². The van der Waals surface area contributed by atoms with Crippen molar-refractivity contribution in [2.24, 2.45) is 5.92 Å². The Morgan fingerprint density at radius 3 is 2.30 bits per heavy atom.